The maximum atomic E-state index is 13.3. The fourth-order valence-electron chi connectivity index (χ4n) is 5.69. The molecule has 0 bridgehead atoms. The number of hydrogen-bond donors (Lipinski definition) is 2. The number of rotatable bonds is 8. The molecule has 0 saturated carbocycles. The number of carboxylic acid groups (broad SMARTS) is 1. The molecule has 3 aromatic carbocycles. The number of benzene rings is 3. The zero-order chi connectivity index (χ0) is 31.7. The molecule has 15 heteroatoms. The number of nitro benzene ring substituents is 1. The molecule has 2 N–H and O–H groups in total. The maximum Gasteiger partial charge on any atom is 0.356 e. The molecule has 1 atom stereocenters. The van der Waals surface area contributed by atoms with Gasteiger partial charge in [0.05, 0.1) is 34.0 Å². The fraction of sp³-hybridized carbons (Fsp3) is 0.233. The number of nitriles is 1. The van der Waals surface area contributed by atoms with E-state index in [4.69, 9.17) is 15.1 Å². The van der Waals surface area contributed by atoms with Crippen LogP contribution in [0.25, 0.3) is 5.69 Å². The smallest absolute Gasteiger partial charge is 0.356 e. The van der Waals surface area contributed by atoms with Gasteiger partial charge in [-0.05, 0) is 55.0 Å². The van der Waals surface area contributed by atoms with E-state index in [2.05, 4.69) is 16.3 Å². The van der Waals surface area contributed by atoms with Crippen LogP contribution < -0.4 is 10.1 Å². The van der Waals surface area contributed by atoms with Gasteiger partial charge < -0.3 is 15.2 Å². The topological polar surface area (TPSA) is 184 Å². The number of piperazine rings is 1. The van der Waals surface area contributed by atoms with Crippen LogP contribution in [-0.2, 0) is 10.0 Å². The number of nitrogens with zero attached hydrogens (tertiary/aromatic N) is 6. The minimum atomic E-state index is -4.10. The Morgan fingerprint density at radius 3 is 2.47 bits per heavy atom. The molecule has 3 heterocycles. The van der Waals surface area contributed by atoms with Gasteiger partial charge in [-0.3, -0.25) is 15.0 Å². The van der Waals surface area contributed by atoms with Crippen molar-refractivity contribution in [2.75, 3.05) is 38.0 Å². The van der Waals surface area contributed by atoms with Gasteiger partial charge in [-0.2, -0.15) is 14.7 Å². The molecule has 230 valence electrons. The van der Waals surface area contributed by atoms with E-state index in [1.165, 1.54) is 33.3 Å². The third-order valence-corrected chi connectivity index (χ3v) is 9.77. The summed E-state index contributed by atoms with van der Waals surface area (Å²) in [6.07, 6.45) is 0.620. The monoisotopic (exact) mass is 629 g/mol. The van der Waals surface area contributed by atoms with E-state index in [-0.39, 0.29) is 29.7 Å². The molecule has 1 fully saturated rings. The Hall–Kier alpha value is -5.30. The lowest BCUT2D eigenvalue weighted by molar-refractivity contribution is -0.387. The predicted octanol–water partition coefficient (Wildman–Crippen LogP) is 4.01. The Morgan fingerprint density at radius 1 is 1.04 bits per heavy atom. The molecule has 0 unspecified atom stereocenters. The van der Waals surface area contributed by atoms with Crippen LogP contribution in [0.3, 0.4) is 0 Å². The third-order valence-electron chi connectivity index (χ3n) is 7.82. The predicted molar refractivity (Wildman–Crippen MR) is 161 cm³/mol. The Kier molecular flexibility index (Phi) is 7.94. The molecule has 14 nitrogen and oxygen atoms in total. The van der Waals surface area contributed by atoms with E-state index in [1.807, 2.05) is 0 Å². The number of aromatic nitrogens is 2. The van der Waals surface area contributed by atoms with E-state index in [0.717, 1.165) is 0 Å². The lowest BCUT2D eigenvalue weighted by Gasteiger charge is -2.39. The van der Waals surface area contributed by atoms with Crippen LogP contribution >= 0.6 is 0 Å². The quantitative estimate of drug-likeness (QED) is 0.212. The summed E-state index contributed by atoms with van der Waals surface area (Å²) in [4.78, 5) is 24.9. The van der Waals surface area contributed by atoms with E-state index in [1.54, 1.807) is 48.5 Å². The van der Waals surface area contributed by atoms with Crippen molar-refractivity contribution in [3.63, 3.8) is 0 Å². The van der Waals surface area contributed by atoms with Gasteiger partial charge in [0.15, 0.2) is 10.6 Å². The summed E-state index contributed by atoms with van der Waals surface area (Å²) in [5.41, 5.74) is 1.42. The van der Waals surface area contributed by atoms with Crippen LogP contribution in [0.2, 0.25) is 0 Å². The summed E-state index contributed by atoms with van der Waals surface area (Å²) in [5.74, 6) is -0.178. The second-order valence-corrected chi connectivity index (χ2v) is 12.4. The van der Waals surface area contributed by atoms with E-state index in [0.29, 0.717) is 60.2 Å². The number of sulfonamides is 1. The molecule has 0 radical (unpaired) electrons. The lowest BCUT2D eigenvalue weighted by Crippen LogP contribution is -2.50. The number of carboxylic acids is 1. The highest BCUT2D eigenvalue weighted by atomic mass is 32.2. The Labute approximate surface area is 257 Å². The molecule has 1 saturated heterocycles. The summed E-state index contributed by atoms with van der Waals surface area (Å²) in [7, 11) is -4.10. The molecule has 4 aromatic rings. The number of hydrogen-bond acceptors (Lipinski definition) is 10. The second-order valence-electron chi connectivity index (χ2n) is 10.5. The number of ether oxygens (including phenoxy) is 1. The van der Waals surface area contributed by atoms with Crippen LogP contribution in [0.5, 0.6) is 11.5 Å². The third kappa shape index (κ3) is 5.69. The van der Waals surface area contributed by atoms with Gasteiger partial charge in [0, 0.05) is 38.8 Å². The van der Waals surface area contributed by atoms with Gasteiger partial charge >= 0.3 is 5.97 Å². The Bertz CT molecular complexity index is 1930. The molecule has 1 aromatic heterocycles. The number of nitrogens with one attached hydrogen (secondary N) is 1. The normalized spacial score (nSPS) is 17.1. The minimum Gasteiger partial charge on any atom is -0.476 e. The van der Waals surface area contributed by atoms with E-state index < -0.39 is 26.6 Å². The van der Waals surface area contributed by atoms with Crippen LogP contribution in [0.15, 0.2) is 77.7 Å². The maximum absolute atomic E-state index is 13.3. The molecular formula is C30H27N7O7S. The van der Waals surface area contributed by atoms with E-state index >= 15 is 0 Å². The molecule has 45 heavy (non-hydrogen) atoms. The first-order valence-electron chi connectivity index (χ1n) is 14.0. The van der Waals surface area contributed by atoms with Gasteiger partial charge in [0.2, 0.25) is 10.0 Å². The first-order valence-corrected chi connectivity index (χ1v) is 15.5. The standard InChI is InChI=1S/C30H27N7O7S/c31-19-20-4-3-5-23(18-20)44-22-10-8-21(9-11-22)36-29(30(38)39)28-27(33-36)25(12-13-32-28)34-14-16-35(17-15-34)45(42,43)26-7-2-1-6-24(26)37(40)41/h1-11,18,25,32H,12-17H2,(H,38,39)/t25-/m1/s1. The van der Waals surface area contributed by atoms with Gasteiger partial charge in [0.1, 0.15) is 17.2 Å². The average Bonchev–Trinajstić information content (AvgIpc) is 3.45. The molecular weight excluding hydrogens is 602 g/mol. The number of anilines is 1. The molecule has 0 aliphatic carbocycles. The largest absolute Gasteiger partial charge is 0.476 e. The summed E-state index contributed by atoms with van der Waals surface area (Å²) in [6, 6.07) is 20.6. The van der Waals surface area contributed by atoms with Crippen molar-refractivity contribution in [1.29, 1.82) is 5.26 Å². The molecule has 6 rings (SSSR count). The summed E-state index contributed by atoms with van der Waals surface area (Å²) in [5, 5.41) is 38.7. The van der Waals surface area contributed by atoms with Crippen molar-refractivity contribution in [3.8, 4) is 23.3 Å². The van der Waals surface area contributed by atoms with Crippen molar-refractivity contribution in [2.24, 2.45) is 0 Å². The SMILES string of the molecule is N#Cc1cccc(Oc2ccc(-n3nc4c(c3C(=O)O)NCC[C@H]4N3CCN(S(=O)(=O)c4ccccc4[N+](=O)[O-])CC3)cc2)c1. The first-order chi connectivity index (χ1) is 21.7. The van der Waals surface area contributed by atoms with Crippen LogP contribution in [0.4, 0.5) is 11.4 Å². The molecule has 0 spiro atoms. The van der Waals surface area contributed by atoms with Crippen LogP contribution in [0, 0.1) is 21.4 Å². The number of fused-ring (bicyclic) bond motifs is 1. The number of nitro groups is 1. The number of para-hydroxylation sites is 1. The molecule has 2 aliphatic rings. The number of carbonyl (C=O) groups is 1. The Morgan fingerprint density at radius 2 is 1.78 bits per heavy atom. The summed E-state index contributed by atoms with van der Waals surface area (Å²) in [6.45, 7) is 1.38. The minimum absolute atomic E-state index is 0.0253. The van der Waals surface area contributed by atoms with Gasteiger partial charge in [-0.1, -0.05) is 18.2 Å². The van der Waals surface area contributed by atoms with Crippen molar-refractivity contribution in [2.45, 2.75) is 17.4 Å². The first kappa shape index (κ1) is 29.8. The van der Waals surface area contributed by atoms with Crippen molar-refractivity contribution >= 4 is 27.4 Å². The highest BCUT2D eigenvalue weighted by Crippen LogP contribution is 2.38. The zero-order valence-electron chi connectivity index (χ0n) is 23.7. The lowest BCUT2D eigenvalue weighted by atomic mass is 10.0. The van der Waals surface area contributed by atoms with Gasteiger partial charge in [0.25, 0.3) is 5.69 Å². The zero-order valence-corrected chi connectivity index (χ0v) is 24.6. The molecule has 0 amide bonds. The van der Waals surface area contributed by atoms with Crippen LogP contribution in [0.1, 0.15) is 34.2 Å². The van der Waals surface area contributed by atoms with Crippen LogP contribution in [-0.4, -0.2) is 76.1 Å². The van der Waals surface area contributed by atoms with Gasteiger partial charge in [-0.25, -0.2) is 17.9 Å². The highest BCUT2D eigenvalue weighted by Gasteiger charge is 2.38. The number of aromatic carboxylic acids is 1. The average molecular weight is 630 g/mol. The fourth-order valence-corrected chi connectivity index (χ4v) is 7.27. The van der Waals surface area contributed by atoms with Gasteiger partial charge in [-0.15, -0.1) is 0 Å². The summed E-state index contributed by atoms with van der Waals surface area (Å²) < 4.78 is 35.1. The highest BCUT2D eigenvalue weighted by molar-refractivity contribution is 7.89. The second kappa shape index (κ2) is 12.0. The van der Waals surface area contributed by atoms with E-state index in [9.17, 15) is 28.4 Å². The van der Waals surface area contributed by atoms with Crippen molar-refractivity contribution in [1.82, 2.24) is 19.0 Å². The summed E-state index contributed by atoms with van der Waals surface area (Å²) >= 11 is 0. The molecule has 2 aliphatic heterocycles. The van der Waals surface area contributed by atoms with Crippen molar-refractivity contribution in [3.05, 3.63) is 99.9 Å². The van der Waals surface area contributed by atoms with Crippen molar-refractivity contribution < 1.29 is 28.0 Å². The Balaban J connectivity index is 1.23.